The van der Waals surface area contributed by atoms with Crippen molar-refractivity contribution in [2.75, 3.05) is 25.3 Å². The summed E-state index contributed by atoms with van der Waals surface area (Å²) in [7, 11) is 1.37. The summed E-state index contributed by atoms with van der Waals surface area (Å²) in [5.74, 6) is -3.54. The number of nitrogens with zero attached hydrogens (tertiary/aromatic N) is 6. The van der Waals surface area contributed by atoms with Crippen LogP contribution >= 0.6 is 34.8 Å². The molecule has 0 spiro atoms. The Balaban J connectivity index is 0.000000225. The van der Waals surface area contributed by atoms with Gasteiger partial charge < -0.3 is 34.1 Å². The van der Waals surface area contributed by atoms with E-state index in [1.54, 1.807) is 48.5 Å². The monoisotopic (exact) mass is 774 g/mol. The number of benzene rings is 3. The Morgan fingerprint density at radius 3 is 2.23 bits per heavy atom. The molecule has 2 aliphatic rings. The van der Waals surface area contributed by atoms with Gasteiger partial charge in [-0.2, -0.15) is 19.5 Å². The van der Waals surface area contributed by atoms with Gasteiger partial charge in [-0.1, -0.05) is 64.2 Å². The van der Waals surface area contributed by atoms with Gasteiger partial charge in [-0.25, -0.2) is 14.6 Å². The highest BCUT2D eigenvalue weighted by Crippen LogP contribution is 2.39. The molecule has 1 aromatic heterocycles. The van der Waals surface area contributed by atoms with Crippen LogP contribution in [0.15, 0.2) is 88.5 Å². The molecule has 0 saturated carbocycles. The molecular formula is C33H26Cl3FN6O9. The minimum Gasteiger partial charge on any atom is -0.479 e. The number of oxime groups is 2. The van der Waals surface area contributed by atoms with Crippen LogP contribution in [0, 0.1) is 5.82 Å². The van der Waals surface area contributed by atoms with Crippen LogP contribution in [0.5, 0.6) is 23.3 Å². The summed E-state index contributed by atoms with van der Waals surface area (Å²) < 4.78 is 31.8. The second kappa shape index (κ2) is 16.5. The van der Waals surface area contributed by atoms with E-state index < -0.39 is 23.3 Å². The molecule has 0 fully saturated rings. The fraction of sp³-hybridized carbons (Fsp3) is 0.182. The fourth-order valence-corrected chi connectivity index (χ4v) is 5.27. The maximum absolute atomic E-state index is 15.1. The Labute approximate surface area is 309 Å². The molecule has 0 radical (unpaired) electrons. The molecule has 0 aliphatic carbocycles. The van der Waals surface area contributed by atoms with Crippen molar-refractivity contribution >= 4 is 69.7 Å². The molecule has 0 bridgehead atoms. The third kappa shape index (κ3) is 8.42. The number of halogens is 4. The highest BCUT2D eigenvalue weighted by Gasteiger charge is 2.48. The summed E-state index contributed by atoms with van der Waals surface area (Å²) >= 11 is 17.9. The first-order valence-corrected chi connectivity index (χ1v) is 16.0. The Morgan fingerprint density at radius 1 is 0.942 bits per heavy atom. The second-order valence-electron chi connectivity index (χ2n) is 10.6. The number of carboxylic acids is 2. The van der Waals surface area contributed by atoms with Crippen molar-refractivity contribution in [3.05, 3.63) is 99.5 Å². The molecule has 15 nitrogen and oxygen atoms in total. The van der Waals surface area contributed by atoms with E-state index in [9.17, 15) is 14.7 Å². The standard InChI is InChI=1S/C21H16ClFN4O5.C12H10Cl2N2O4/c1-28-26-18(21-27-30-11-10-29-21)13-6-2-4-8-15(13)31-19-17(23)20(25-12-24-19)32-16-9-5-3-7-14(16)22;1-12(11(19)20)5-8(10(17)18)15-16(12)9-3-2-6(13)4-7(9)14/h2-9,12H,10-11H2,1H3;2-4H,5H2,1H3,(H,17,18)(H,19,20)/b26-18+;. The molecule has 1 atom stereocenters. The molecule has 1 unspecified atom stereocenters. The molecule has 270 valence electrons. The molecule has 6 rings (SSSR count). The zero-order valence-corrected chi connectivity index (χ0v) is 29.3. The van der Waals surface area contributed by atoms with E-state index in [-0.39, 0.29) is 64.3 Å². The predicted octanol–water partition coefficient (Wildman–Crippen LogP) is 7.05. The normalized spacial score (nSPS) is 16.7. The average Bonchev–Trinajstić information content (AvgIpc) is 3.49. The van der Waals surface area contributed by atoms with E-state index in [4.69, 9.17) is 63.8 Å². The molecule has 2 N–H and O–H groups in total. The minimum absolute atomic E-state index is 0.0973. The summed E-state index contributed by atoms with van der Waals surface area (Å²) in [4.78, 5) is 40.2. The Kier molecular flexibility index (Phi) is 11.9. The molecule has 3 heterocycles. The van der Waals surface area contributed by atoms with Gasteiger partial charge in [-0.3, -0.25) is 0 Å². The van der Waals surface area contributed by atoms with Crippen molar-refractivity contribution in [1.29, 1.82) is 0 Å². The lowest BCUT2D eigenvalue weighted by Crippen LogP contribution is -2.47. The van der Waals surface area contributed by atoms with Gasteiger partial charge in [0, 0.05) is 11.4 Å². The maximum Gasteiger partial charge on any atom is 0.352 e. The minimum atomic E-state index is -1.51. The zero-order valence-electron chi connectivity index (χ0n) is 27.0. The van der Waals surface area contributed by atoms with Gasteiger partial charge in [0.1, 0.15) is 37.3 Å². The topological polar surface area (TPSA) is 187 Å². The average molecular weight is 776 g/mol. The third-order valence-corrected chi connectivity index (χ3v) is 7.96. The molecule has 52 heavy (non-hydrogen) atoms. The van der Waals surface area contributed by atoms with Crippen molar-refractivity contribution in [2.45, 2.75) is 18.9 Å². The fourth-order valence-electron chi connectivity index (χ4n) is 4.61. The van der Waals surface area contributed by atoms with Crippen molar-refractivity contribution in [2.24, 2.45) is 15.4 Å². The number of rotatable bonds is 10. The van der Waals surface area contributed by atoms with Crippen molar-refractivity contribution in [3.8, 4) is 23.3 Å². The predicted molar refractivity (Wildman–Crippen MR) is 188 cm³/mol. The summed E-state index contributed by atoms with van der Waals surface area (Å²) in [5.41, 5.74) is -0.848. The first kappa shape index (κ1) is 37.5. The quantitative estimate of drug-likeness (QED) is 0.124. The summed E-state index contributed by atoms with van der Waals surface area (Å²) in [6.45, 7) is 1.98. The van der Waals surface area contributed by atoms with Crippen LogP contribution < -0.4 is 14.5 Å². The molecular weight excluding hydrogens is 750 g/mol. The van der Waals surface area contributed by atoms with Crippen molar-refractivity contribution < 1.29 is 48.1 Å². The number of anilines is 1. The lowest BCUT2D eigenvalue weighted by atomic mass is 9.95. The van der Waals surface area contributed by atoms with Crippen molar-refractivity contribution in [1.82, 2.24) is 9.97 Å². The van der Waals surface area contributed by atoms with Gasteiger partial charge in [0.05, 0.1) is 21.3 Å². The van der Waals surface area contributed by atoms with Gasteiger partial charge in [0.25, 0.3) is 17.7 Å². The molecule has 3 aromatic carbocycles. The van der Waals surface area contributed by atoms with Gasteiger partial charge in [0.15, 0.2) is 17.9 Å². The van der Waals surface area contributed by atoms with Gasteiger partial charge in [-0.15, -0.1) is 0 Å². The maximum atomic E-state index is 15.1. The van der Waals surface area contributed by atoms with Crippen LogP contribution in [-0.4, -0.2) is 75.3 Å². The summed E-state index contributed by atoms with van der Waals surface area (Å²) in [6, 6.07) is 17.8. The Bertz CT molecular complexity index is 2090. The van der Waals surface area contributed by atoms with Crippen LogP contribution in [0.4, 0.5) is 10.1 Å². The van der Waals surface area contributed by atoms with E-state index >= 15 is 4.39 Å². The summed E-state index contributed by atoms with van der Waals surface area (Å²) in [6.07, 6.45) is 0.885. The lowest BCUT2D eigenvalue weighted by Gasteiger charge is -2.30. The van der Waals surface area contributed by atoms with E-state index in [0.717, 1.165) is 11.3 Å². The molecule has 0 saturated heterocycles. The highest BCUT2D eigenvalue weighted by molar-refractivity contribution is 6.46. The number of para-hydroxylation sites is 2. The lowest BCUT2D eigenvalue weighted by molar-refractivity contribution is -0.142. The van der Waals surface area contributed by atoms with Gasteiger partial charge in [0.2, 0.25) is 5.82 Å². The number of hydrazone groups is 1. The molecule has 4 aromatic rings. The van der Waals surface area contributed by atoms with Gasteiger partial charge in [-0.05, 0) is 54.5 Å². The van der Waals surface area contributed by atoms with E-state index in [1.165, 1.54) is 32.2 Å². The number of aromatic nitrogens is 2. The van der Waals surface area contributed by atoms with Crippen LogP contribution in [0.25, 0.3) is 0 Å². The molecule has 2 aliphatic heterocycles. The van der Waals surface area contributed by atoms with Crippen LogP contribution in [0.1, 0.15) is 18.9 Å². The van der Waals surface area contributed by atoms with E-state index in [2.05, 4.69) is 25.4 Å². The largest absolute Gasteiger partial charge is 0.479 e. The number of hydrogen-bond donors (Lipinski definition) is 2. The molecule has 19 heteroatoms. The number of ether oxygens (including phenoxy) is 3. The smallest absolute Gasteiger partial charge is 0.352 e. The number of carbonyl (C=O) groups is 2. The first-order chi connectivity index (χ1) is 24.9. The highest BCUT2D eigenvalue weighted by atomic mass is 35.5. The van der Waals surface area contributed by atoms with E-state index in [0.29, 0.717) is 22.2 Å². The van der Waals surface area contributed by atoms with Gasteiger partial charge >= 0.3 is 11.9 Å². The van der Waals surface area contributed by atoms with E-state index in [1.807, 2.05) is 0 Å². The number of hydrogen-bond acceptors (Lipinski definition) is 13. The van der Waals surface area contributed by atoms with Crippen LogP contribution in [-0.2, 0) is 24.0 Å². The SMILES string of the molecule is CC1(C(=O)O)CC(C(=O)O)=NN1c1ccc(Cl)cc1Cl.CO/N=C(/C1=NOCCO1)c1ccccc1Oc1ncnc(Oc2ccccc2Cl)c1F. The van der Waals surface area contributed by atoms with Crippen LogP contribution in [0.3, 0.4) is 0 Å². The number of carboxylic acid groups (broad SMARTS) is 2. The third-order valence-electron chi connectivity index (χ3n) is 7.11. The first-order valence-electron chi connectivity index (χ1n) is 14.9. The Hall–Kier alpha value is -5.71. The summed E-state index contributed by atoms with van der Waals surface area (Å²) in [5, 5.41) is 32.0. The van der Waals surface area contributed by atoms with Crippen molar-refractivity contribution in [3.63, 3.8) is 0 Å². The molecule has 0 amide bonds. The second-order valence-corrected chi connectivity index (χ2v) is 11.9. The number of aliphatic carboxylic acids is 2. The van der Waals surface area contributed by atoms with Crippen LogP contribution in [0.2, 0.25) is 15.1 Å². The Morgan fingerprint density at radius 2 is 1.62 bits per heavy atom. The zero-order chi connectivity index (χ0) is 37.4.